The van der Waals surface area contributed by atoms with Crippen molar-refractivity contribution in [3.05, 3.63) is 20.3 Å². The number of ether oxygens (including phenoxy) is 1. The Morgan fingerprint density at radius 1 is 1.58 bits per heavy atom. The highest BCUT2D eigenvalue weighted by Crippen LogP contribution is 2.32. The first kappa shape index (κ1) is 9.99. The maximum Gasteiger partial charge on any atom is 0.0979 e. The van der Waals surface area contributed by atoms with Gasteiger partial charge in [-0.25, -0.2) is 0 Å². The Kier molecular flexibility index (Phi) is 3.53. The molecule has 0 aliphatic heterocycles. The predicted octanol–water partition coefficient (Wildman–Crippen LogP) is 2.32. The minimum absolute atomic E-state index is 0.505. The minimum Gasteiger partial charge on any atom is -0.379 e. The van der Waals surface area contributed by atoms with Crippen molar-refractivity contribution in [3.63, 3.8) is 0 Å². The zero-order valence-electron chi connectivity index (χ0n) is 7.19. The summed E-state index contributed by atoms with van der Waals surface area (Å²) < 4.78 is 5.83. The zero-order valence-corrected chi connectivity index (χ0v) is 8.76. The van der Waals surface area contributed by atoms with Gasteiger partial charge in [0, 0.05) is 18.5 Å². The molecule has 1 aromatic rings. The summed E-state index contributed by atoms with van der Waals surface area (Å²) in [5, 5.41) is 0. The lowest BCUT2D eigenvalue weighted by molar-refractivity contribution is 0.187. The first-order valence-electron chi connectivity index (χ1n) is 3.66. The second-order valence-electron chi connectivity index (χ2n) is 2.54. The topological polar surface area (TPSA) is 35.2 Å². The molecular weight excluding hydrogens is 194 g/mol. The van der Waals surface area contributed by atoms with Gasteiger partial charge in [0.05, 0.1) is 10.9 Å². The monoisotopic (exact) mass is 205 g/mol. The molecule has 4 heteroatoms. The quantitative estimate of drug-likeness (QED) is 0.822. The van der Waals surface area contributed by atoms with Crippen molar-refractivity contribution in [2.45, 2.75) is 20.1 Å². The largest absolute Gasteiger partial charge is 0.379 e. The van der Waals surface area contributed by atoms with E-state index in [0.717, 1.165) is 9.90 Å². The predicted molar refractivity (Wildman–Crippen MR) is 52.7 cm³/mol. The van der Waals surface area contributed by atoms with E-state index in [1.54, 1.807) is 18.4 Å². The van der Waals surface area contributed by atoms with Crippen LogP contribution in [0.25, 0.3) is 0 Å². The van der Waals surface area contributed by atoms with Crippen LogP contribution >= 0.6 is 22.9 Å². The van der Waals surface area contributed by atoms with Crippen LogP contribution in [0.15, 0.2) is 0 Å². The van der Waals surface area contributed by atoms with E-state index in [-0.39, 0.29) is 0 Å². The molecule has 0 unspecified atom stereocenters. The summed E-state index contributed by atoms with van der Waals surface area (Å²) in [6.07, 6.45) is 0. The number of halogens is 1. The molecule has 0 amide bonds. The van der Waals surface area contributed by atoms with Crippen molar-refractivity contribution < 1.29 is 4.74 Å². The van der Waals surface area contributed by atoms with Crippen molar-refractivity contribution in [1.82, 2.24) is 0 Å². The summed E-state index contributed by atoms with van der Waals surface area (Å²) in [6.45, 7) is 3.15. The molecule has 0 aliphatic carbocycles. The Morgan fingerprint density at radius 2 is 2.25 bits per heavy atom. The van der Waals surface area contributed by atoms with E-state index >= 15 is 0 Å². The Balaban J connectivity index is 3.00. The summed E-state index contributed by atoms with van der Waals surface area (Å²) in [4.78, 5) is 1.17. The minimum atomic E-state index is 0.505. The molecule has 1 rings (SSSR count). The van der Waals surface area contributed by atoms with E-state index in [0.29, 0.717) is 13.2 Å². The van der Waals surface area contributed by atoms with Crippen molar-refractivity contribution in [3.8, 4) is 0 Å². The van der Waals surface area contributed by atoms with Crippen LogP contribution < -0.4 is 5.73 Å². The summed E-state index contributed by atoms with van der Waals surface area (Å²) in [5.74, 6) is 0. The van der Waals surface area contributed by atoms with Crippen LogP contribution in [0.5, 0.6) is 0 Å². The lowest BCUT2D eigenvalue weighted by atomic mass is 10.2. The molecule has 0 aliphatic rings. The second kappa shape index (κ2) is 4.23. The molecule has 0 bridgehead atoms. The number of thiophene rings is 1. The first-order valence-corrected chi connectivity index (χ1v) is 4.85. The third-order valence-electron chi connectivity index (χ3n) is 1.80. The third kappa shape index (κ3) is 1.80. The van der Waals surface area contributed by atoms with E-state index in [1.807, 2.05) is 6.92 Å². The van der Waals surface area contributed by atoms with E-state index in [2.05, 4.69) is 0 Å². The number of rotatable bonds is 3. The van der Waals surface area contributed by atoms with Gasteiger partial charge in [-0.1, -0.05) is 11.6 Å². The fourth-order valence-corrected chi connectivity index (χ4v) is 2.59. The molecule has 12 heavy (non-hydrogen) atoms. The molecule has 0 atom stereocenters. The third-order valence-corrected chi connectivity index (χ3v) is 3.36. The lowest BCUT2D eigenvalue weighted by Gasteiger charge is -1.98. The van der Waals surface area contributed by atoms with Crippen LogP contribution in [0.1, 0.15) is 16.0 Å². The average molecular weight is 206 g/mol. The standard InChI is InChI=1S/C8H12ClNOS/c1-5-6(3-10)8(9)12-7(5)4-11-2/h3-4,10H2,1-2H3. The molecule has 0 radical (unpaired) electrons. The van der Waals surface area contributed by atoms with Crippen molar-refractivity contribution >= 4 is 22.9 Å². The molecule has 2 nitrogen and oxygen atoms in total. The average Bonchev–Trinajstić information content (AvgIpc) is 2.29. The van der Waals surface area contributed by atoms with Crippen molar-refractivity contribution in [2.24, 2.45) is 5.73 Å². The first-order chi connectivity index (χ1) is 5.70. The number of methoxy groups -OCH3 is 1. The highest BCUT2D eigenvalue weighted by Gasteiger charge is 2.11. The van der Waals surface area contributed by atoms with Crippen molar-refractivity contribution in [2.75, 3.05) is 7.11 Å². The van der Waals surface area contributed by atoms with Gasteiger partial charge in [0.1, 0.15) is 0 Å². The van der Waals surface area contributed by atoms with Gasteiger partial charge in [-0.3, -0.25) is 0 Å². The fraction of sp³-hybridized carbons (Fsp3) is 0.500. The fourth-order valence-electron chi connectivity index (χ4n) is 1.06. The van der Waals surface area contributed by atoms with Crippen LogP contribution in [0.3, 0.4) is 0 Å². The van der Waals surface area contributed by atoms with Gasteiger partial charge in [0.2, 0.25) is 0 Å². The van der Waals surface area contributed by atoms with Gasteiger partial charge in [0.15, 0.2) is 0 Å². The van der Waals surface area contributed by atoms with Gasteiger partial charge < -0.3 is 10.5 Å². The molecule has 68 valence electrons. The van der Waals surface area contributed by atoms with E-state index in [9.17, 15) is 0 Å². The molecule has 0 fully saturated rings. The maximum atomic E-state index is 5.97. The summed E-state index contributed by atoms with van der Waals surface area (Å²) >= 11 is 7.52. The van der Waals surface area contributed by atoms with Gasteiger partial charge in [-0.2, -0.15) is 0 Å². The van der Waals surface area contributed by atoms with Crippen LogP contribution in [0.2, 0.25) is 4.34 Å². The van der Waals surface area contributed by atoms with E-state index in [4.69, 9.17) is 22.1 Å². The highest BCUT2D eigenvalue weighted by atomic mass is 35.5. The van der Waals surface area contributed by atoms with Crippen molar-refractivity contribution in [1.29, 1.82) is 0 Å². The van der Waals surface area contributed by atoms with Gasteiger partial charge >= 0.3 is 0 Å². The van der Waals surface area contributed by atoms with E-state index < -0.39 is 0 Å². The number of hydrogen-bond acceptors (Lipinski definition) is 3. The zero-order chi connectivity index (χ0) is 9.14. The van der Waals surface area contributed by atoms with E-state index in [1.165, 1.54) is 10.4 Å². The second-order valence-corrected chi connectivity index (χ2v) is 4.25. The van der Waals surface area contributed by atoms with Gasteiger partial charge in [0.25, 0.3) is 0 Å². The van der Waals surface area contributed by atoms with Crippen LogP contribution in [-0.4, -0.2) is 7.11 Å². The van der Waals surface area contributed by atoms with Crippen LogP contribution in [-0.2, 0) is 17.9 Å². The number of nitrogens with two attached hydrogens (primary N) is 1. The van der Waals surface area contributed by atoms with Crippen LogP contribution in [0, 0.1) is 6.92 Å². The van der Waals surface area contributed by atoms with Crippen LogP contribution in [0.4, 0.5) is 0 Å². The summed E-state index contributed by atoms with van der Waals surface area (Å²) in [6, 6.07) is 0. The summed E-state index contributed by atoms with van der Waals surface area (Å²) in [7, 11) is 1.68. The normalized spacial score (nSPS) is 10.7. The lowest BCUT2D eigenvalue weighted by Crippen LogP contribution is -1.97. The summed E-state index contributed by atoms with van der Waals surface area (Å²) in [5.41, 5.74) is 7.77. The molecular formula is C8H12ClNOS. The Morgan fingerprint density at radius 3 is 2.67 bits per heavy atom. The van der Waals surface area contributed by atoms with Gasteiger partial charge in [-0.15, -0.1) is 11.3 Å². The number of hydrogen-bond donors (Lipinski definition) is 1. The smallest absolute Gasteiger partial charge is 0.0979 e. The Bertz CT molecular complexity index is 272. The molecule has 0 saturated carbocycles. The molecule has 0 spiro atoms. The Labute approximate surface area is 81.3 Å². The molecule has 0 saturated heterocycles. The maximum absolute atomic E-state index is 5.97. The Hall–Kier alpha value is -0.0900. The molecule has 1 heterocycles. The molecule has 2 N–H and O–H groups in total. The highest BCUT2D eigenvalue weighted by molar-refractivity contribution is 7.16. The SMILES string of the molecule is COCc1sc(Cl)c(CN)c1C. The molecule has 1 aromatic heterocycles. The van der Waals surface area contributed by atoms with Gasteiger partial charge in [-0.05, 0) is 18.1 Å². The molecule has 0 aromatic carbocycles.